The van der Waals surface area contributed by atoms with Gasteiger partial charge in [0.1, 0.15) is 5.75 Å². The molecule has 1 fully saturated rings. The van der Waals surface area contributed by atoms with Gasteiger partial charge in [-0.3, -0.25) is 4.79 Å². The van der Waals surface area contributed by atoms with Gasteiger partial charge in [-0.05, 0) is 30.9 Å². The fourth-order valence-electron chi connectivity index (χ4n) is 1.68. The first-order valence-electron chi connectivity index (χ1n) is 6.06. The molecule has 4 nitrogen and oxygen atoms in total. The standard InChI is InChI=1S/C13H17ClN2O2/c14-10-3-1-2-4-12(10)18-8-13(17)16-7-11(15)9-5-6-9/h1-4,9,11H,5-8,15H2,(H,16,17). The molecule has 1 atom stereocenters. The number of amides is 1. The Kier molecular flexibility index (Phi) is 4.44. The maximum Gasteiger partial charge on any atom is 0.257 e. The van der Waals surface area contributed by atoms with E-state index in [2.05, 4.69) is 5.32 Å². The van der Waals surface area contributed by atoms with Crippen molar-refractivity contribution in [1.82, 2.24) is 5.32 Å². The average molecular weight is 269 g/mol. The van der Waals surface area contributed by atoms with Gasteiger partial charge in [0.2, 0.25) is 0 Å². The summed E-state index contributed by atoms with van der Waals surface area (Å²) in [6.07, 6.45) is 2.35. The number of nitrogens with one attached hydrogen (secondary N) is 1. The van der Waals surface area contributed by atoms with Crippen LogP contribution >= 0.6 is 11.6 Å². The summed E-state index contributed by atoms with van der Waals surface area (Å²) in [7, 11) is 0. The molecule has 1 aromatic carbocycles. The van der Waals surface area contributed by atoms with Gasteiger partial charge in [0, 0.05) is 12.6 Å². The highest BCUT2D eigenvalue weighted by atomic mass is 35.5. The lowest BCUT2D eigenvalue weighted by atomic mass is 10.2. The van der Waals surface area contributed by atoms with E-state index in [9.17, 15) is 4.79 Å². The Morgan fingerprint density at radius 2 is 2.22 bits per heavy atom. The smallest absolute Gasteiger partial charge is 0.257 e. The molecule has 0 aromatic heterocycles. The molecule has 0 bridgehead atoms. The third-order valence-electron chi connectivity index (χ3n) is 2.96. The second kappa shape index (κ2) is 6.07. The van der Waals surface area contributed by atoms with E-state index in [1.807, 2.05) is 12.1 Å². The van der Waals surface area contributed by atoms with Gasteiger partial charge in [-0.25, -0.2) is 0 Å². The minimum atomic E-state index is -0.175. The van der Waals surface area contributed by atoms with Crippen LogP contribution in [0.4, 0.5) is 0 Å². The fourth-order valence-corrected chi connectivity index (χ4v) is 1.87. The molecule has 1 aliphatic rings. The SMILES string of the molecule is NC(CNC(=O)COc1ccccc1Cl)C1CC1. The number of carbonyl (C=O) groups is 1. The van der Waals surface area contributed by atoms with Gasteiger partial charge < -0.3 is 15.8 Å². The number of nitrogens with two attached hydrogens (primary N) is 1. The lowest BCUT2D eigenvalue weighted by Crippen LogP contribution is -2.40. The van der Waals surface area contributed by atoms with Gasteiger partial charge in [-0.2, -0.15) is 0 Å². The number of carbonyl (C=O) groups excluding carboxylic acids is 1. The van der Waals surface area contributed by atoms with Crippen molar-refractivity contribution >= 4 is 17.5 Å². The molecule has 0 radical (unpaired) electrons. The van der Waals surface area contributed by atoms with Crippen LogP contribution in [0.15, 0.2) is 24.3 Å². The molecule has 1 aromatic rings. The summed E-state index contributed by atoms with van der Waals surface area (Å²) in [5.74, 6) is 0.918. The molecule has 0 aliphatic heterocycles. The summed E-state index contributed by atoms with van der Waals surface area (Å²) < 4.78 is 5.32. The minimum Gasteiger partial charge on any atom is -0.482 e. The summed E-state index contributed by atoms with van der Waals surface area (Å²) in [5.41, 5.74) is 5.88. The van der Waals surface area contributed by atoms with E-state index in [-0.39, 0.29) is 18.6 Å². The third kappa shape index (κ3) is 3.89. The van der Waals surface area contributed by atoms with Crippen LogP contribution in [-0.2, 0) is 4.79 Å². The highest BCUT2D eigenvalue weighted by Crippen LogP contribution is 2.31. The van der Waals surface area contributed by atoms with Crippen LogP contribution in [0.1, 0.15) is 12.8 Å². The Morgan fingerprint density at radius 1 is 1.50 bits per heavy atom. The molecule has 18 heavy (non-hydrogen) atoms. The average Bonchev–Trinajstić information content (AvgIpc) is 3.19. The van der Waals surface area contributed by atoms with E-state index in [0.29, 0.717) is 23.2 Å². The van der Waals surface area contributed by atoms with E-state index in [0.717, 1.165) is 0 Å². The summed E-state index contributed by atoms with van der Waals surface area (Å²) in [4.78, 5) is 11.5. The van der Waals surface area contributed by atoms with Crippen molar-refractivity contribution in [1.29, 1.82) is 0 Å². The predicted molar refractivity (Wildman–Crippen MR) is 70.7 cm³/mol. The first-order chi connectivity index (χ1) is 8.66. The highest BCUT2D eigenvalue weighted by molar-refractivity contribution is 6.32. The van der Waals surface area contributed by atoms with Crippen molar-refractivity contribution in [2.45, 2.75) is 18.9 Å². The number of benzene rings is 1. The molecule has 1 unspecified atom stereocenters. The number of para-hydroxylation sites is 1. The van der Waals surface area contributed by atoms with Crippen LogP contribution in [-0.4, -0.2) is 25.1 Å². The maximum absolute atomic E-state index is 11.5. The van der Waals surface area contributed by atoms with E-state index in [1.54, 1.807) is 12.1 Å². The van der Waals surface area contributed by atoms with Gasteiger partial charge in [0.15, 0.2) is 6.61 Å². The number of ether oxygens (including phenoxy) is 1. The Balaban J connectivity index is 1.69. The summed E-state index contributed by atoms with van der Waals surface area (Å²) >= 11 is 5.91. The van der Waals surface area contributed by atoms with E-state index in [1.165, 1.54) is 12.8 Å². The number of hydrogen-bond acceptors (Lipinski definition) is 3. The van der Waals surface area contributed by atoms with E-state index < -0.39 is 0 Å². The quantitative estimate of drug-likeness (QED) is 0.823. The molecule has 0 spiro atoms. The molecule has 2 rings (SSSR count). The molecule has 5 heteroatoms. The molecule has 1 amide bonds. The van der Waals surface area contributed by atoms with Crippen LogP contribution < -0.4 is 15.8 Å². The number of hydrogen-bond donors (Lipinski definition) is 2. The zero-order chi connectivity index (χ0) is 13.0. The van der Waals surface area contributed by atoms with Crippen molar-refractivity contribution < 1.29 is 9.53 Å². The van der Waals surface area contributed by atoms with Crippen molar-refractivity contribution in [2.75, 3.05) is 13.2 Å². The second-order valence-electron chi connectivity index (χ2n) is 4.52. The van der Waals surface area contributed by atoms with Gasteiger partial charge in [-0.1, -0.05) is 23.7 Å². The molecular weight excluding hydrogens is 252 g/mol. The lowest BCUT2D eigenvalue weighted by Gasteiger charge is -2.12. The third-order valence-corrected chi connectivity index (χ3v) is 3.27. The van der Waals surface area contributed by atoms with Crippen molar-refractivity contribution in [2.24, 2.45) is 11.7 Å². The second-order valence-corrected chi connectivity index (χ2v) is 4.93. The minimum absolute atomic E-state index is 0.0406. The zero-order valence-electron chi connectivity index (χ0n) is 10.1. The topological polar surface area (TPSA) is 64.3 Å². The fraction of sp³-hybridized carbons (Fsp3) is 0.462. The molecule has 3 N–H and O–H groups in total. The van der Waals surface area contributed by atoms with Crippen LogP contribution in [0.25, 0.3) is 0 Å². The van der Waals surface area contributed by atoms with Gasteiger partial charge in [0.25, 0.3) is 5.91 Å². The zero-order valence-corrected chi connectivity index (χ0v) is 10.8. The molecule has 0 saturated heterocycles. The monoisotopic (exact) mass is 268 g/mol. The Hall–Kier alpha value is -1.26. The first-order valence-corrected chi connectivity index (χ1v) is 6.44. The molecule has 0 heterocycles. The highest BCUT2D eigenvalue weighted by Gasteiger charge is 2.28. The summed E-state index contributed by atoms with van der Waals surface area (Å²) in [5, 5.41) is 3.26. The van der Waals surface area contributed by atoms with Crippen molar-refractivity contribution in [3.05, 3.63) is 29.3 Å². The Labute approximate surface area is 111 Å². The summed E-state index contributed by atoms with van der Waals surface area (Å²) in [6, 6.07) is 7.13. The molecule has 1 saturated carbocycles. The van der Waals surface area contributed by atoms with Crippen LogP contribution in [0, 0.1) is 5.92 Å². The Morgan fingerprint density at radius 3 is 2.89 bits per heavy atom. The maximum atomic E-state index is 11.5. The van der Waals surface area contributed by atoms with Gasteiger partial charge in [-0.15, -0.1) is 0 Å². The Bertz CT molecular complexity index is 421. The van der Waals surface area contributed by atoms with Crippen LogP contribution in [0.2, 0.25) is 5.02 Å². The van der Waals surface area contributed by atoms with Crippen molar-refractivity contribution in [3.8, 4) is 5.75 Å². The van der Waals surface area contributed by atoms with E-state index >= 15 is 0 Å². The summed E-state index contributed by atoms with van der Waals surface area (Å²) in [6.45, 7) is 0.469. The largest absolute Gasteiger partial charge is 0.482 e. The first kappa shape index (κ1) is 13.2. The van der Waals surface area contributed by atoms with Gasteiger partial charge in [0.05, 0.1) is 5.02 Å². The van der Waals surface area contributed by atoms with Crippen molar-refractivity contribution in [3.63, 3.8) is 0 Å². The van der Waals surface area contributed by atoms with Gasteiger partial charge >= 0.3 is 0 Å². The normalized spacial score (nSPS) is 16.1. The lowest BCUT2D eigenvalue weighted by molar-refractivity contribution is -0.123. The van der Waals surface area contributed by atoms with Crippen LogP contribution in [0.3, 0.4) is 0 Å². The molecule has 98 valence electrons. The molecule has 1 aliphatic carbocycles. The molecular formula is C13H17ClN2O2. The predicted octanol–water partition coefficient (Wildman–Crippen LogP) is 1.57. The number of halogens is 1. The van der Waals surface area contributed by atoms with E-state index in [4.69, 9.17) is 22.1 Å². The number of rotatable bonds is 6. The van der Waals surface area contributed by atoms with Crippen LogP contribution in [0.5, 0.6) is 5.75 Å².